The predicted octanol–water partition coefficient (Wildman–Crippen LogP) is 1.33. The van der Waals surface area contributed by atoms with Gasteiger partial charge < -0.3 is 19.4 Å². The minimum Gasteiger partial charge on any atom is -0.444 e. The van der Waals surface area contributed by atoms with E-state index in [-0.39, 0.29) is 18.1 Å². The largest absolute Gasteiger partial charge is 0.444 e. The van der Waals surface area contributed by atoms with E-state index in [1.165, 1.54) is 6.42 Å². The molecule has 2 saturated heterocycles. The number of piperidine rings is 1. The highest BCUT2D eigenvalue weighted by atomic mass is 16.6. The molecule has 22 heavy (non-hydrogen) atoms. The van der Waals surface area contributed by atoms with Crippen molar-refractivity contribution in [3.63, 3.8) is 0 Å². The summed E-state index contributed by atoms with van der Waals surface area (Å²) in [4.78, 5) is 29.6. The van der Waals surface area contributed by atoms with Gasteiger partial charge in [-0.15, -0.1) is 0 Å². The zero-order valence-corrected chi connectivity index (χ0v) is 13.7. The number of hydrogen-bond donors (Lipinski definition) is 0. The maximum absolute atomic E-state index is 12.1. The first-order valence-electron chi connectivity index (χ1n) is 8.12. The number of likely N-dealkylation sites (tertiary alicyclic amines) is 2. The van der Waals surface area contributed by atoms with E-state index in [0.717, 1.165) is 38.9 Å². The number of nitrogens with zero attached hydrogens (tertiary/aromatic N) is 3. The van der Waals surface area contributed by atoms with Crippen molar-refractivity contribution in [3.05, 3.63) is 12.2 Å². The van der Waals surface area contributed by atoms with Crippen molar-refractivity contribution in [2.75, 3.05) is 46.8 Å². The van der Waals surface area contributed by atoms with Crippen molar-refractivity contribution >= 4 is 12.0 Å². The Balaban J connectivity index is 1.73. The summed E-state index contributed by atoms with van der Waals surface area (Å²) >= 11 is 0. The molecule has 6 nitrogen and oxygen atoms in total. The monoisotopic (exact) mass is 309 g/mol. The smallest absolute Gasteiger partial charge is 0.410 e. The van der Waals surface area contributed by atoms with Crippen LogP contribution in [0.4, 0.5) is 4.79 Å². The number of ether oxygens (including phenoxy) is 1. The van der Waals surface area contributed by atoms with Crippen molar-refractivity contribution in [2.24, 2.45) is 0 Å². The maximum atomic E-state index is 12.1. The first kappa shape index (κ1) is 16.8. The molecule has 124 valence electrons. The Morgan fingerprint density at radius 1 is 1.14 bits per heavy atom. The lowest BCUT2D eigenvalue weighted by Gasteiger charge is -2.27. The fourth-order valence-electron chi connectivity index (χ4n) is 2.79. The van der Waals surface area contributed by atoms with Gasteiger partial charge in [0.15, 0.2) is 0 Å². The molecule has 2 amide bonds. The number of carbonyl (C=O) groups is 2. The van der Waals surface area contributed by atoms with Gasteiger partial charge in [0.2, 0.25) is 5.91 Å². The normalized spacial score (nSPS) is 22.6. The first-order valence-corrected chi connectivity index (χ1v) is 8.12. The van der Waals surface area contributed by atoms with Crippen LogP contribution in [-0.2, 0) is 9.53 Å². The van der Waals surface area contributed by atoms with E-state index in [1.807, 2.05) is 25.1 Å². The Kier molecular flexibility index (Phi) is 6.24. The third kappa shape index (κ3) is 5.02. The summed E-state index contributed by atoms with van der Waals surface area (Å²) in [5.41, 5.74) is 0. The average Bonchev–Trinajstić information content (AvgIpc) is 2.96. The Labute approximate surface area is 132 Å². The van der Waals surface area contributed by atoms with Gasteiger partial charge in [-0.2, -0.15) is 0 Å². The lowest BCUT2D eigenvalue weighted by molar-refractivity contribution is -0.125. The first-order chi connectivity index (χ1) is 10.6. The molecule has 2 rings (SSSR count). The molecule has 0 unspecified atom stereocenters. The van der Waals surface area contributed by atoms with Crippen LogP contribution in [0, 0.1) is 0 Å². The second-order valence-electron chi connectivity index (χ2n) is 6.29. The second kappa shape index (κ2) is 8.17. The number of hydrogen-bond acceptors (Lipinski definition) is 4. The van der Waals surface area contributed by atoms with Gasteiger partial charge in [-0.25, -0.2) is 4.79 Å². The van der Waals surface area contributed by atoms with Crippen LogP contribution in [0.25, 0.3) is 0 Å². The van der Waals surface area contributed by atoms with Crippen LogP contribution in [0.5, 0.6) is 0 Å². The van der Waals surface area contributed by atoms with Gasteiger partial charge in [0, 0.05) is 38.7 Å². The summed E-state index contributed by atoms with van der Waals surface area (Å²) in [5, 5.41) is 0. The van der Waals surface area contributed by atoms with Crippen LogP contribution in [0.1, 0.15) is 25.7 Å². The van der Waals surface area contributed by atoms with Gasteiger partial charge in [0.25, 0.3) is 0 Å². The van der Waals surface area contributed by atoms with Crippen LogP contribution in [-0.4, -0.2) is 79.6 Å². The quantitative estimate of drug-likeness (QED) is 0.735. The molecule has 0 aromatic heterocycles. The summed E-state index contributed by atoms with van der Waals surface area (Å²) < 4.78 is 5.53. The van der Waals surface area contributed by atoms with Crippen molar-refractivity contribution < 1.29 is 14.3 Å². The molecule has 0 N–H and O–H groups in total. The zero-order valence-electron chi connectivity index (χ0n) is 13.7. The third-order valence-corrected chi connectivity index (χ3v) is 4.07. The van der Waals surface area contributed by atoms with Gasteiger partial charge in [-0.1, -0.05) is 6.08 Å². The fourth-order valence-corrected chi connectivity index (χ4v) is 2.79. The molecule has 0 aromatic rings. The molecule has 0 aromatic carbocycles. The molecule has 0 bridgehead atoms. The van der Waals surface area contributed by atoms with Gasteiger partial charge in [0.05, 0.1) is 6.54 Å². The van der Waals surface area contributed by atoms with Crippen LogP contribution in [0.2, 0.25) is 0 Å². The second-order valence-corrected chi connectivity index (χ2v) is 6.29. The Bertz CT molecular complexity index is 417. The minimum absolute atomic E-state index is 0.00151. The lowest BCUT2D eigenvalue weighted by Crippen LogP contribution is -2.38. The van der Waals surface area contributed by atoms with Crippen LogP contribution in [0.15, 0.2) is 12.2 Å². The van der Waals surface area contributed by atoms with E-state index in [4.69, 9.17) is 4.74 Å². The summed E-state index contributed by atoms with van der Waals surface area (Å²) in [7, 11) is 3.92. The molecule has 2 aliphatic heterocycles. The molecule has 0 aliphatic carbocycles. The van der Waals surface area contributed by atoms with Crippen molar-refractivity contribution in [3.8, 4) is 0 Å². The predicted molar refractivity (Wildman–Crippen MR) is 84.6 cm³/mol. The SMILES string of the molecule is CN(C)C/C=C/C(=O)N1CC[C@H](OC(=O)N2CCCCC2)C1. The molecule has 0 spiro atoms. The Morgan fingerprint density at radius 3 is 2.55 bits per heavy atom. The zero-order chi connectivity index (χ0) is 15.9. The van der Waals surface area contributed by atoms with E-state index in [0.29, 0.717) is 13.1 Å². The number of carbonyl (C=O) groups excluding carboxylic acids is 2. The average molecular weight is 309 g/mol. The molecular formula is C16H27N3O3. The van der Waals surface area contributed by atoms with E-state index >= 15 is 0 Å². The third-order valence-electron chi connectivity index (χ3n) is 4.07. The number of amides is 2. The maximum Gasteiger partial charge on any atom is 0.410 e. The van der Waals surface area contributed by atoms with E-state index in [9.17, 15) is 9.59 Å². The summed E-state index contributed by atoms with van der Waals surface area (Å²) in [6.07, 6.45) is 7.11. The summed E-state index contributed by atoms with van der Waals surface area (Å²) in [5.74, 6) is -0.00151. The van der Waals surface area contributed by atoms with E-state index < -0.39 is 0 Å². The van der Waals surface area contributed by atoms with Crippen LogP contribution < -0.4 is 0 Å². The molecule has 2 heterocycles. The minimum atomic E-state index is -0.220. The highest BCUT2D eigenvalue weighted by Crippen LogP contribution is 2.16. The lowest BCUT2D eigenvalue weighted by atomic mass is 10.1. The van der Waals surface area contributed by atoms with Crippen LogP contribution in [0.3, 0.4) is 0 Å². The van der Waals surface area contributed by atoms with E-state index in [1.54, 1.807) is 15.9 Å². The molecular weight excluding hydrogens is 282 g/mol. The van der Waals surface area contributed by atoms with Gasteiger partial charge in [-0.05, 0) is 33.4 Å². The topological polar surface area (TPSA) is 53.1 Å². The Hall–Kier alpha value is -1.56. The van der Waals surface area contributed by atoms with E-state index in [2.05, 4.69) is 0 Å². The number of likely N-dealkylation sites (N-methyl/N-ethyl adjacent to an activating group) is 1. The highest BCUT2D eigenvalue weighted by molar-refractivity contribution is 5.87. The highest BCUT2D eigenvalue weighted by Gasteiger charge is 2.29. The van der Waals surface area contributed by atoms with Crippen molar-refractivity contribution in [1.82, 2.24) is 14.7 Å². The number of rotatable bonds is 4. The van der Waals surface area contributed by atoms with Gasteiger partial charge in [0.1, 0.15) is 6.10 Å². The van der Waals surface area contributed by atoms with Gasteiger partial charge >= 0.3 is 6.09 Å². The fraction of sp³-hybridized carbons (Fsp3) is 0.750. The Morgan fingerprint density at radius 2 is 1.86 bits per heavy atom. The standard InChI is InChI=1S/C16H27N3O3/c1-17(2)9-6-7-15(20)19-12-8-14(13-19)22-16(21)18-10-4-3-5-11-18/h6-7,14H,3-5,8-13H2,1-2H3/b7-6+/t14-/m0/s1. The molecule has 2 fully saturated rings. The summed E-state index contributed by atoms with van der Waals surface area (Å²) in [6, 6.07) is 0. The molecule has 2 aliphatic rings. The van der Waals surface area contributed by atoms with Crippen molar-refractivity contribution in [2.45, 2.75) is 31.8 Å². The molecule has 1 atom stereocenters. The molecule has 0 saturated carbocycles. The molecule has 0 radical (unpaired) electrons. The van der Waals surface area contributed by atoms with Crippen molar-refractivity contribution in [1.29, 1.82) is 0 Å². The summed E-state index contributed by atoms with van der Waals surface area (Å²) in [6.45, 7) is 3.49. The van der Waals surface area contributed by atoms with Crippen LogP contribution >= 0.6 is 0 Å². The molecule has 6 heteroatoms. The van der Waals surface area contributed by atoms with Gasteiger partial charge in [-0.3, -0.25) is 4.79 Å².